The summed E-state index contributed by atoms with van der Waals surface area (Å²) >= 11 is 0. The molecule has 0 amide bonds. The van der Waals surface area contributed by atoms with Gasteiger partial charge in [-0.2, -0.15) is 0 Å². The van der Waals surface area contributed by atoms with E-state index in [2.05, 4.69) is 34.0 Å². The molecule has 1 aromatic heterocycles. The summed E-state index contributed by atoms with van der Waals surface area (Å²) in [4.78, 5) is 10.2. The van der Waals surface area contributed by atoms with Crippen LogP contribution in [-0.2, 0) is 0 Å². The predicted octanol–water partition coefficient (Wildman–Crippen LogP) is 1.83. The summed E-state index contributed by atoms with van der Waals surface area (Å²) < 4.78 is 12.8. The van der Waals surface area contributed by atoms with Crippen molar-refractivity contribution >= 4 is 5.95 Å². The Morgan fingerprint density at radius 1 is 1.39 bits per heavy atom. The zero-order valence-electron chi connectivity index (χ0n) is 11.1. The van der Waals surface area contributed by atoms with Crippen molar-refractivity contribution in [2.45, 2.75) is 32.7 Å². The minimum atomic E-state index is -0.380. The lowest BCUT2D eigenvalue weighted by molar-refractivity contribution is 0.313. The molecule has 4 nitrogen and oxygen atoms in total. The van der Waals surface area contributed by atoms with Crippen molar-refractivity contribution in [3.05, 3.63) is 18.2 Å². The summed E-state index contributed by atoms with van der Waals surface area (Å²) in [6.45, 7) is 7.30. The van der Waals surface area contributed by atoms with Gasteiger partial charge in [0.2, 0.25) is 5.95 Å². The second kappa shape index (κ2) is 6.09. The molecule has 1 N–H and O–H groups in total. The smallest absolute Gasteiger partial charge is 0.225 e. The van der Waals surface area contributed by atoms with Gasteiger partial charge in [-0.25, -0.2) is 14.4 Å². The van der Waals surface area contributed by atoms with Crippen molar-refractivity contribution in [2.75, 3.05) is 24.5 Å². The molecular formula is C13H21FN4. The standard InChI is InChI=1S/C13H21FN4/c1-3-15-10(2)11-4-6-18(7-5-11)13-16-8-12(14)9-17-13/h8-11,15H,3-7H2,1-2H3. The van der Waals surface area contributed by atoms with Crippen molar-refractivity contribution < 1.29 is 4.39 Å². The molecule has 0 saturated carbocycles. The minimum Gasteiger partial charge on any atom is -0.341 e. The van der Waals surface area contributed by atoms with E-state index >= 15 is 0 Å². The third-order valence-corrected chi connectivity index (χ3v) is 3.66. The van der Waals surface area contributed by atoms with E-state index in [1.165, 1.54) is 12.4 Å². The monoisotopic (exact) mass is 252 g/mol. The van der Waals surface area contributed by atoms with Crippen molar-refractivity contribution in [3.8, 4) is 0 Å². The average molecular weight is 252 g/mol. The largest absolute Gasteiger partial charge is 0.341 e. The minimum absolute atomic E-state index is 0.380. The second-order valence-corrected chi connectivity index (χ2v) is 4.87. The normalized spacial score (nSPS) is 18.9. The zero-order valence-corrected chi connectivity index (χ0v) is 11.1. The van der Waals surface area contributed by atoms with Gasteiger partial charge in [0.25, 0.3) is 0 Å². The van der Waals surface area contributed by atoms with Crippen molar-refractivity contribution in [1.29, 1.82) is 0 Å². The highest BCUT2D eigenvalue weighted by atomic mass is 19.1. The SMILES string of the molecule is CCNC(C)C1CCN(c2ncc(F)cn2)CC1. The van der Waals surface area contributed by atoms with E-state index in [4.69, 9.17) is 0 Å². The number of anilines is 1. The third kappa shape index (κ3) is 3.16. The highest BCUT2D eigenvalue weighted by Crippen LogP contribution is 2.22. The van der Waals surface area contributed by atoms with Crippen LogP contribution in [0.25, 0.3) is 0 Å². The predicted molar refractivity (Wildman–Crippen MR) is 70.1 cm³/mol. The molecule has 18 heavy (non-hydrogen) atoms. The molecule has 1 aliphatic rings. The highest BCUT2D eigenvalue weighted by Gasteiger charge is 2.24. The summed E-state index contributed by atoms with van der Waals surface area (Å²) in [6.07, 6.45) is 4.73. The molecule has 0 aromatic carbocycles. The third-order valence-electron chi connectivity index (χ3n) is 3.66. The molecule has 1 fully saturated rings. The molecule has 0 radical (unpaired) electrons. The number of rotatable bonds is 4. The molecule has 0 aliphatic carbocycles. The Kier molecular flexibility index (Phi) is 4.47. The van der Waals surface area contributed by atoms with Crippen molar-refractivity contribution in [1.82, 2.24) is 15.3 Å². The first-order valence-electron chi connectivity index (χ1n) is 6.66. The Morgan fingerprint density at radius 2 is 2.00 bits per heavy atom. The van der Waals surface area contributed by atoms with Gasteiger partial charge in [0.15, 0.2) is 5.82 Å². The molecule has 2 rings (SSSR count). The lowest BCUT2D eigenvalue weighted by atomic mass is 9.90. The summed E-state index contributed by atoms with van der Waals surface area (Å²) in [5.74, 6) is 0.974. The van der Waals surface area contributed by atoms with Crippen LogP contribution in [0.5, 0.6) is 0 Å². The van der Waals surface area contributed by atoms with Crippen LogP contribution in [0.4, 0.5) is 10.3 Å². The maximum atomic E-state index is 12.8. The summed E-state index contributed by atoms with van der Waals surface area (Å²) in [6, 6.07) is 0.561. The maximum absolute atomic E-state index is 12.8. The van der Waals surface area contributed by atoms with Crippen LogP contribution in [0, 0.1) is 11.7 Å². The van der Waals surface area contributed by atoms with E-state index in [1.54, 1.807) is 0 Å². The first-order valence-corrected chi connectivity index (χ1v) is 6.66. The number of hydrogen-bond acceptors (Lipinski definition) is 4. The van der Waals surface area contributed by atoms with Gasteiger partial charge in [-0.05, 0) is 32.2 Å². The maximum Gasteiger partial charge on any atom is 0.225 e. The van der Waals surface area contributed by atoms with Gasteiger partial charge in [0.05, 0.1) is 12.4 Å². The fraction of sp³-hybridized carbons (Fsp3) is 0.692. The Hall–Kier alpha value is -1.23. The van der Waals surface area contributed by atoms with Crippen LogP contribution in [0.3, 0.4) is 0 Å². The van der Waals surface area contributed by atoms with Crippen LogP contribution in [-0.4, -0.2) is 35.6 Å². The molecule has 2 heterocycles. The van der Waals surface area contributed by atoms with E-state index in [0.717, 1.165) is 32.5 Å². The lowest BCUT2D eigenvalue weighted by Crippen LogP contribution is -2.42. The van der Waals surface area contributed by atoms with Gasteiger partial charge in [-0.3, -0.25) is 0 Å². The average Bonchev–Trinajstić information content (AvgIpc) is 2.40. The topological polar surface area (TPSA) is 41.0 Å². The Balaban J connectivity index is 1.88. The van der Waals surface area contributed by atoms with Gasteiger partial charge in [0.1, 0.15) is 0 Å². The summed E-state index contributed by atoms with van der Waals surface area (Å²) in [7, 11) is 0. The first-order chi connectivity index (χ1) is 8.70. The Labute approximate surface area is 108 Å². The van der Waals surface area contributed by atoms with E-state index in [1.807, 2.05) is 0 Å². The molecule has 0 spiro atoms. The molecule has 1 saturated heterocycles. The number of aromatic nitrogens is 2. The summed E-state index contributed by atoms with van der Waals surface area (Å²) in [5, 5.41) is 3.48. The van der Waals surface area contributed by atoms with E-state index in [9.17, 15) is 4.39 Å². The van der Waals surface area contributed by atoms with Gasteiger partial charge in [-0.15, -0.1) is 0 Å². The van der Waals surface area contributed by atoms with Crippen LogP contribution in [0.15, 0.2) is 12.4 Å². The van der Waals surface area contributed by atoms with Crippen LogP contribution >= 0.6 is 0 Å². The quantitative estimate of drug-likeness (QED) is 0.887. The fourth-order valence-electron chi connectivity index (χ4n) is 2.56. The van der Waals surface area contributed by atoms with Crippen LogP contribution in [0.2, 0.25) is 0 Å². The highest BCUT2D eigenvalue weighted by molar-refractivity contribution is 5.29. The van der Waals surface area contributed by atoms with Gasteiger partial charge < -0.3 is 10.2 Å². The molecule has 0 bridgehead atoms. The molecule has 1 aromatic rings. The van der Waals surface area contributed by atoms with Crippen LogP contribution < -0.4 is 10.2 Å². The first kappa shape index (κ1) is 13.2. The Morgan fingerprint density at radius 3 is 2.56 bits per heavy atom. The zero-order chi connectivity index (χ0) is 13.0. The summed E-state index contributed by atoms with van der Waals surface area (Å²) in [5.41, 5.74) is 0. The molecule has 100 valence electrons. The fourth-order valence-corrected chi connectivity index (χ4v) is 2.56. The molecular weight excluding hydrogens is 231 g/mol. The lowest BCUT2D eigenvalue weighted by Gasteiger charge is -2.35. The van der Waals surface area contributed by atoms with Gasteiger partial charge in [0, 0.05) is 19.1 Å². The van der Waals surface area contributed by atoms with Crippen molar-refractivity contribution in [2.24, 2.45) is 5.92 Å². The molecule has 1 unspecified atom stereocenters. The van der Waals surface area contributed by atoms with Crippen LogP contribution in [0.1, 0.15) is 26.7 Å². The van der Waals surface area contributed by atoms with Gasteiger partial charge >= 0.3 is 0 Å². The van der Waals surface area contributed by atoms with Gasteiger partial charge in [-0.1, -0.05) is 6.92 Å². The number of piperidine rings is 1. The second-order valence-electron chi connectivity index (χ2n) is 4.87. The molecule has 1 aliphatic heterocycles. The Bertz CT molecular complexity index is 360. The number of nitrogens with one attached hydrogen (secondary N) is 1. The number of nitrogens with zero attached hydrogens (tertiary/aromatic N) is 3. The van der Waals surface area contributed by atoms with E-state index in [0.29, 0.717) is 17.9 Å². The van der Waals surface area contributed by atoms with E-state index < -0.39 is 0 Å². The molecule has 1 atom stereocenters. The molecule has 5 heteroatoms. The van der Waals surface area contributed by atoms with E-state index in [-0.39, 0.29) is 5.82 Å². The number of hydrogen-bond donors (Lipinski definition) is 1. The number of halogens is 1. The van der Waals surface area contributed by atoms with Crippen molar-refractivity contribution in [3.63, 3.8) is 0 Å².